The minimum atomic E-state index is -0.290. The zero-order chi connectivity index (χ0) is 11.5. The number of alkyl halides is 1. The van der Waals surface area contributed by atoms with Gasteiger partial charge in [-0.05, 0) is 40.8 Å². The Kier molecular flexibility index (Phi) is 3.59. The number of hydrogen-bond acceptors (Lipinski definition) is 4. The first-order valence-corrected chi connectivity index (χ1v) is 5.91. The molecule has 0 bridgehead atoms. The molecule has 84 valence electrons. The van der Waals surface area contributed by atoms with Gasteiger partial charge >= 0.3 is 6.01 Å². The monoisotopic (exact) mass is 353 g/mol. The predicted molar refractivity (Wildman–Crippen MR) is 66.3 cm³/mol. The largest absolute Gasteiger partial charge is 0.407 e. The third kappa shape index (κ3) is 2.62. The van der Waals surface area contributed by atoms with Crippen LogP contribution in [0.25, 0.3) is 0 Å². The highest BCUT2D eigenvalue weighted by molar-refractivity contribution is 14.1. The first kappa shape index (κ1) is 11.6. The lowest BCUT2D eigenvalue weighted by molar-refractivity contribution is 0.530. The Balaban J connectivity index is 2.20. The Hall–Kier alpha value is -0.890. The predicted octanol–water partition coefficient (Wildman–Crippen LogP) is 3.30. The van der Waals surface area contributed by atoms with Gasteiger partial charge in [-0.3, -0.25) is 0 Å². The van der Waals surface area contributed by atoms with Crippen LogP contribution in [0.1, 0.15) is 5.89 Å². The summed E-state index contributed by atoms with van der Waals surface area (Å²) in [5, 5.41) is 10.3. The van der Waals surface area contributed by atoms with Crippen molar-refractivity contribution in [1.29, 1.82) is 0 Å². The lowest BCUT2D eigenvalue weighted by atomic mass is 10.3. The summed E-state index contributed by atoms with van der Waals surface area (Å²) in [6.45, 7) is 0. The molecule has 7 heteroatoms. The summed E-state index contributed by atoms with van der Waals surface area (Å²) in [5.41, 5.74) is 0.701. The minimum Gasteiger partial charge on any atom is -0.407 e. The molecule has 0 aliphatic rings. The normalized spacial score (nSPS) is 10.4. The fourth-order valence-corrected chi connectivity index (χ4v) is 1.78. The van der Waals surface area contributed by atoms with Crippen molar-refractivity contribution >= 4 is 45.9 Å². The first-order valence-electron chi connectivity index (χ1n) is 4.29. The number of rotatable bonds is 3. The maximum absolute atomic E-state index is 12.8. The summed E-state index contributed by atoms with van der Waals surface area (Å²) >= 11 is 7.53. The van der Waals surface area contributed by atoms with Crippen LogP contribution >= 0.6 is 34.2 Å². The molecule has 0 amide bonds. The Bertz CT molecular complexity index is 505. The van der Waals surface area contributed by atoms with Gasteiger partial charge in [0.25, 0.3) is 0 Å². The van der Waals surface area contributed by atoms with Crippen LogP contribution < -0.4 is 5.32 Å². The van der Waals surface area contributed by atoms with Gasteiger partial charge in [-0.2, -0.15) is 0 Å². The Morgan fingerprint density at radius 1 is 1.44 bits per heavy atom. The third-order valence-electron chi connectivity index (χ3n) is 1.75. The molecule has 1 aromatic heterocycles. The molecule has 0 radical (unpaired) electrons. The SMILES string of the molecule is Fc1ccc(Nc2nnc(CCl)o2)c(I)c1. The summed E-state index contributed by atoms with van der Waals surface area (Å²) in [7, 11) is 0. The van der Waals surface area contributed by atoms with E-state index < -0.39 is 0 Å². The molecule has 4 nitrogen and oxygen atoms in total. The van der Waals surface area contributed by atoms with Gasteiger partial charge in [-0.25, -0.2) is 4.39 Å². The van der Waals surface area contributed by atoms with E-state index in [0.717, 1.165) is 3.57 Å². The van der Waals surface area contributed by atoms with Crippen LogP contribution in [-0.4, -0.2) is 10.2 Å². The van der Waals surface area contributed by atoms with E-state index in [1.54, 1.807) is 6.07 Å². The van der Waals surface area contributed by atoms with Crippen LogP contribution in [-0.2, 0) is 5.88 Å². The average Bonchev–Trinajstić information content (AvgIpc) is 2.70. The molecule has 0 atom stereocenters. The number of nitrogens with one attached hydrogen (secondary N) is 1. The molecule has 0 spiro atoms. The molecular formula is C9H6ClFIN3O. The Morgan fingerprint density at radius 3 is 2.88 bits per heavy atom. The molecule has 0 unspecified atom stereocenters. The number of halogens is 3. The number of anilines is 2. The number of benzene rings is 1. The summed E-state index contributed by atoms with van der Waals surface area (Å²) in [4.78, 5) is 0. The molecule has 16 heavy (non-hydrogen) atoms. The maximum atomic E-state index is 12.8. The second-order valence-corrected chi connectivity index (χ2v) is 4.31. The number of aromatic nitrogens is 2. The van der Waals surface area contributed by atoms with Crippen LogP contribution in [0.5, 0.6) is 0 Å². The standard InChI is InChI=1S/C9H6ClFIN3O/c10-4-8-14-15-9(16-8)13-7-2-1-5(11)3-6(7)12/h1-3H,4H2,(H,13,15). The van der Waals surface area contributed by atoms with Crippen molar-refractivity contribution in [2.45, 2.75) is 5.88 Å². The van der Waals surface area contributed by atoms with Crippen LogP contribution in [0, 0.1) is 9.39 Å². The number of nitrogens with zero attached hydrogens (tertiary/aromatic N) is 2. The van der Waals surface area contributed by atoms with Crippen molar-refractivity contribution in [2.75, 3.05) is 5.32 Å². The Labute approximate surface area is 109 Å². The number of hydrogen-bond donors (Lipinski definition) is 1. The fourth-order valence-electron chi connectivity index (χ4n) is 1.06. The highest BCUT2D eigenvalue weighted by Gasteiger charge is 2.07. The van der Waals surface area contributed by atoms with Crippen molar-refractivity contribution < 1.29 is 8.81 Å². The maximum Gasteiger partial charge on any atom is 0.320 e. The van der Waals surface area contributed by atoms with E-state index in [-0.39, 0.29) is 17.7 Å². The van der Waals surface area contributed by atoms with Gasteiger partial charge in [0, 0.05) is 3.57 Å². The van der Waals surface area contributed by atoms with Crippen molar-refractivity contribution in [3.8, 4) is 0 Å². The summed E-state index contributed by atoms with van der Waals surface area (Å²) in [6.07, 6.45) is 0. The lowest BCUT2D eigenvalue weighted by Crippen LogP contribution is -1.93. The van der Waals surface area contributed by atoms with Crippen molar-refractivity contribution in [2.24, 2.45) is 0 Å². The molecule has 1 N–H and O–H groups in total. The van der Waals surface area contributed by atoms with Crippen molar-refractivity contribution in [1.82, 2.24) is 10.2 Å². The first-order chi connectivity index (χ1) is 7.69. The molecule has 1 heterocycles. The summed E-state index contributed by atoms with van der Waals surface area (Å²) in [5.74, 6) is 0.207. The van der Waals surface area contributed by atoms with E-state index in [2.05, 4.69) is 15.5 Å². The van der Waals surface area contributed by atoms with Crippen molar-refractivity contribution in [3.05, 3.63) is 33.5 Å². The van der Waals surface area contributed by atoms with Crippen LogP contribution in [0.2, 0.25) is 0 Å². The van der Waals surface area contributed by atoms with Crippen LogP contribution in [0.4, 0.5) is 16.1 Å². The quantitative estimate of drug-likeness (QED) is 0.679. The average molecular weight is 354 g/mol. The second-order valence-electron chi connectivity index (χ2n) is 2.88. The smallest absolute Gasteiger partial charge is 0.320 e. The van der Waals surface area contributed by atoms with Crippen molar-refractivity contribution in [3.63, 3.8) is 0 Å². The second kappa shape index (κ2) is 4.96. The lowest BCUT2D eigenvalue weighted by Gasteiger charge is -2.03. The van der Waals surface area contributed by atoms with Gasteiger partial charge in [0.05, 0.1) is 5.69 Å². The van der Waals surface area contributed by atoms with Gasteiger partial charge in [-0.1, -0.05) is 5.10 Å². The molecule has 0 aliphatic carbocycles. The zero-order valence-corrected chi connectivity index (χ0v) is 10.8. The van der Waals surface area contributed by atoms with Crippen LogP contribution in [0.3, 0.4) is 0 Å². The van der Waals surface area contributed by atoms with E-state index >= 15 is 0 Å². The molecule has 0 saturated carbocycles. The third-order valence-corrected chi connectivity index (χ3v) is 2.88. The fraction of sp³-hybridized carbons (Fsp3) is 0.111. The van der Waals surface area contributed by atoms with E-state index in [1.165, 1.54) is 12.1 Å². The highest BCUT2D eigenvalue weighted by Crippen LogP contribution is 2.22. The van der Waals surface area contributed by atoms with Gasteiger partial charge in [0.15, 0.2) is 0 Å². The van der Waals surface area contributed by atoms with Crippen LogP contribution in [0.15, 0.2) is 22.6 Å². The molecular weight excluding hydrogens is 347 g/mol. The minimum absolute atomic E-state index is 0.162. The molecule has 0 saturated heterocycles. The van der Waals surface area contributed by atoms with E-state index in [0.29, 0.717) is 11.6 Å². The highest BCUT2D eigenvalue weighted by atomic mass is 127. The molecule has 0 aliphatic heterocycles. The molecule has 1 aromatic carbocycles. The van der Waals surface area contributed by atoms with E-state index in [4.69, 9.17) is 16.0 Å². The Morgan fingerprint density at radius 2 is 2.25 bits per heavy atom. The van der Waals surface area contributed by atoms with Gasteiger partial charge in [0.1, 0.15) is 11.7 Å². The van der Waals surface area contributed by atoms with Gasteiger partial charge in [0.2, 0.25) is 5.89 Å². The van der Waals surface area contributed by atoms with E-state index in [9.17, 15) is 4.39 Å². The summed E-state index contributed by atoms with van der Waals surface area (Å²) < 4.78 is 18.7. The zero-order valence-electron chi connectivity index (χ0n) is 7.88. The van der Waals surface area contributed by atoms with E-state index in [1.807, 2.05) is 22.6 Å². The van der Waals surface area contributed by atoms with Gasteiger partial charge < -0.3 is 9.73 Å². The molecule has 2 aromatic rings. The molecule has 0 fully saturated rings. The molecule has 2 rings (SSSR count). The van der Waals surface area contributed by atoms with Gasteiger partial charge in [-0.15, -0.1) is 16.7 Å². The summed E-state index contributed by atoms with van der Waals surface area (Å²) in [6, 6.07) is 4.59. The topological polar surface area (TPSA) is 51.0 Å².